The largest absolute Gasteiger partial charge is 0.330 e. The van der Waals surface area contributed by atoms with Crippen LogP contribution in [0.4, 0.5) is 0 Å². The quantitative estimate of drug-likeness (QED) is 0.448. The second-order valence-electron chi connectivity index (χ2n) is 8.15. The van der Waals surface area contributed by atoms with Gasteiger partial charge in [0.15, 0.2) is 5.78 Å². The number of aromatic nitrogens is 2. The van der Waals surface area contributed by atoms with Crippen LogP contribution in [0.15, 0.2) is 77.5 Å². The molecule has 0 spiro atoms. The Morgan fingerprint density at radius 2 is 1.96 bits per heavy atom. The molecular formula is C24H32N2O. The summed E-state index contributed by atoms with van der Waals surface area (Å²) in [6.45, 7) is 12.5. The van der Waals surface area contributed by atoms with Crippen molar-refractivity contribution in [3.8, 4) is 0 Å². The number of allylic oxidation sites excluding steroid dienone is 10. The smallest absolute Gasteiger partial charge is 0.152 e. The molecule has 0 saturated heterocycles. The first-order chi connectivity index (χ1) is 12.7. The predicted molar refractivity (Wildman–Crippen MR) is 113 cm³/mol. The molecule has 3 nitrogen and oxygen atoms in total. The van der Waals surface area contributed by atoms with Crippen molar-refractivity contribution in [2.45, 2.75) is 60.4 Å². The van der Waals surface area contributed by atoms with Gasteiger partial charge < -0.3 is 4.57 Å². The Kier molecular flexibility index (Phi) is 6.95. The zero-order chi connectivity index (χ0) is 20.0. The normalized spacial score (nSPS) is 21.5. The second kappa shape index (κ2) is 8.98. The Labute approximate surface area is 163 Å². The highest BCUT2D eigenvalue weighted by molar-refractivity contribution is 5.88. The average Bonchev–Trinajstić information content (AvgIpc) is 3.07. The van der Waals surface area contributed by atoms with Crippen LogP contribution in [-0.2, 0) is 4.79 Å². The molecule has 27 heavy (non-hydrogen) atoms. The van der Waals surface area contributed by atoms with Crippen LogP contribution in [0.3, 0.4) is 0 Å². The molecule has 0 fully saturated rings. The van der Waals surface area contributed by atoms with E-state index in [0.29, 0.717) is 6.04 Å². The summed E-state index contributed by atoms with van der Waals surface area (Å²) < 4.78 is 2.22. The molecule has 144 valence electrons. The first-order valence-electron chi connectivity index (χ1n) is 9.61. The van der Waals surface area contributed by atoms with Gasteiger partial charge in [-0.2, -0.15) is 0 Å². The van der Waals surface area contributed by atoms with Crippen molar-refractivity contribution in [2.75, 3.05) is 0 Å². The van der Waals surface area contributed by atoms with Crippen LogP contribution < -0.4 is 0 Å². The van der Waals surface area contributed by atoms with Gasteiger partial charge in [0.2, 0.25) is 0 Å². The summed E-state index contributed by atoms with van der Waals surface area (Å²) in [6.07, 6.45) is 20.3. The zero-order valence-corrected chi connectivity index (χ0v) is 17.5. The summed E-state index contributed by atoms with van der Waals surface area (Å²) in [6, 6.07) is 0.392. The molecule has 1 atom stereocenters. The van der Waals surface area contributed by atoms with E-state index in [9.17, 15) is 4.79 Å². The molecule has 3 heteroatoms. The topological polar surface area (TPSA) is 34.9 Å². The second-order valence-corrected chi connectivity index (χ2v) is 8.15. The molecule has 1 aliphatic carbocycles. The molecule has 1 heterocycles. The molecule has 0 aliphatic heterocycles. The average molecular weight is 365 g/mol. The molecule has 0 aromatic carbocycles. The molecule has 0 N–H and O–H groups in total. The van der Waals surface area contributed by atoms with Gasteiger partial charge in [-0.15, -0.1) is 0 Å². The fourth-order valence-corrected chi connectivity index (χ4v) is 3.74. The lowest BCUT2D eigenvalue weighted by atomic mass is 9.71. The van der Waals surface area contributed by atoms with Gasteiger partial charge in [0.05, 0.1) is 12.4 Å². The van der Waals surface area contributed by atoms with Crippen LogP contribution in [0.25, 0.3) is 0 Å². The number of carbonyl (C=O) groups is 1. The molecule has 2 rings (SSSR count). The van der Waals surface area contributed by atoms with Gasteiger partial charge in [0.1, 0.15) is 0 Å². The third-order valence-corrected chi connectivity index (χ3v) is 5.24. The number of rotatable bonds is 6. The molecule has 1 unspecified atom stereocenters. The van der Waals surface area contributed by atoms with E-state index in [4.69, 9.17) is 0 Å². The highest BCUT2D eigenvalue weighted by atomic mass is 16.1. The summed E-state index contributed by atoms with van der Waals surface area (Å²) in [5.74, 6) is 0.0761. The molecule has 0 bridgehead atoms. The highest BCUT2D eigenvalue weighted by Gasteiger charge is 2.32. The van der Waals surface area contributed by atoms with Crippen LogP contribution in [0, 0.1) is 5.41 Å². The van der Waals surface area contributed by atoms with E-state index in [1.807, 2.05) is 31.6 Å². The number of hydrogen-bond acceptors (Lipinski definition) is 2. The number of ketones is 1. The summed E-state index contributed by atoms with van der Waals surface area (Å²) in [5.41, 5.74) is 5.16. The number of imidazole rings is 1. The maximum absolute atomic E-state index is 11.1. The Morgan fingerprint density at radius 1 is 1.22 bits per heavy atom. The van der Waals surface area contributed by atoms with Gasteiger partial charge in [-0.05, 0) is 68.7 Å². The van der Waals surface area contributed by atoms with E-state index in [-0.39, 0.29) is 11.2 Å². The van der Waals surface area contributed by atoms with Crippen molar-refractivity contribution >= 4 is 5.78 Å². The summed E-state index contributed by atoms with van der Waals surface area (Å²) in [7, 11) is 0. The van der Waals surface area contributed by atoms with E-state index in [1.54, 1.807) is 13.0 Å². The van der Waals surface area contributed by atoms with E-state index >= 15 is 0 Å². The lowest BCUT2D eigenvalue weighted by Gasteiger charge is -2.37. The monoisotopic (exact) mass is 364 g/mol. The summed E-state index contributed by atoms with van der Waals surface area (Å²) in [5, 5.41) is 0. The van der Waals surface area contributed by atoms with E-state index < -0.39 is 0 Å². The van der Waals surface area contributed by atoms with Crippen LogP contribution in [-0.4, -0.2) is 15.3 Å². The van der Waals surface area contributed by atoms with Gasteiger partial charge in [-0.1, -0.05) is 49.8 Å². The van der Waals surface area contributed by atoms with Crippen LogP contribution in [0.1, 0.15) is 60.4 Å². The molecule has 1 aromatic rings. The first kappa shape index (κ1) is 20.9. The van der Waals surface area contributed by atoms with Gasteiger partial charge >= 0.3 is 0 Å². The lowest BCUT2D eigenvalue weighted by molar-refractivity contribution is -0.112. The molecule has 1 aliphatic rings. The minimum Gasteiger partial charge on any atom is -0.330 e. The number of hydrogen-bond donors (Lipinski definition) is 0. The molecule has 1 aromatic heterocycles. The Balaban J connectivity index is 2.21. The summed E-state index contributed by atoms with van der Waals surface area (Å²) >= 11 is 0. The predicted octanol–water partition coefficient (Wildman–Crippen LogP) is 6.15. The van der Waals surface area contributed by atoms with E-state index in [2.05, 4.69) is 61.7 Å². The van der Waals surface area contributed by atoms with Crippen molar-refractivity contribution in [1.29, 1.82) is 0 Å². The fourth-order valence-electron chi connectivity index (χ4n) is 3.74. The van der Waals surface area contributed by atoms with Crippen LogP contribution >= 0.6 is 0 Å². The molecule has 0 saturated carbocycles. The zero-order valence-electron chi connectivity index (χ0n) is 17.5. The fraction of sp³-hybridized carbons (Fsp3) is 0.417. The lowest BCUT2D eigenvalue weighted by Crippen LogP contribution is -2.25. The van der Waals surface area contributed by atoms with Crippen molar-refractivity contribution in [2.24, 2.45) is 5.41 Å². The number of carbonyl (C=O) groups excluding carboxylic acids is 1. The number of nitrogens with zero attached hydrogens (tertiary/aromatic N) is 2. The third-order valence-electron chi connectivity index (χ3n) is 5.24. The Bertz CT molecular complexity index is 815. The van der Waals surface area contributed by atoms with Crippen molar-refractivity contribution < 1.29 is 4.79 Å². The van der Waals surface area contributed by atoms with Gasteiger partial charge in [0, 0.05) is 12.4 Å². The SMILES string of the molecule is CC(=O)/C=C(C)/C=C/C=C(C)/C=C/C1=C(C)C(n2ccnc2)CCC1(C)C. The van der Waals surface area contributed by atoms with Crippen molar-refractivity contribution in [3.05, 3.63) is 77.5 Å². The first-order valence-corrected chi connectivity index (χ1v) is 9.61. The molecule has 0 radical (unpaired) electrons. The third kappa shape index (κ3) is 5.78. The summed E-state index contributed by atoms with van der Waals surface area (Å²) in [4.78, 5) is 15.3. The maximum atomic E-state index is 11.1. The maximum Gasteiger partial charge on any atom is 0.152 e. The minimum absolute atomic E-state index is 0.0761. The van der Waals surface area contributed by atoms with Crippen LogP contribution in [0.5, 0.6) is 0 Å². The van der Waals surface area contributed by atoms with Crippen molar-refractivity contribution in [3.63, 3.8) is 0 Å². The Hall–Kier alpha value is -2.42. The van der Waals surface area contributed by atoms with Gasteiger partial charge in [-0.25, -0.2) is 4.98 Å². The molecule has 0 amide bonds. The highest BCUT2D eigenvalue weighted by Crippen LogP contribution is 2.45. The van der Waals surface area contributed by atoms with Crippen LogP contribution in [0.2, 0.25) is 0 Å². The minimum atomic E-state index is 0.0761. The molecular weight excluding hydrogens is 332 g/mol. The van der Waals surface area contributed by atoms with E-state index in [1.165, 1.54) is 16.7 Å². The van der Waals surface area contributed by atoms with Gasteiger partial charge in [0.25, 0.3) is 0 Å². The Morgan fingerprint density at radius 3 is 2.59 bits per heavy atom. The van der Waals surface area contributed by atoms with Crippen molar-refractivity contribution in [1.82, 2.24) is 9.55 Å². The standard InChI is InChI=1S/C24H32N2O/c1-18(8-7-9-19(2)16-20(3)27)10-11-22-21(4)23(12-13-24(22,5)6)26-15-14-25-17-26/h7-11,14-17,23H,12-13H2,1-6H3/b9-7+,11-10+,18-8+,19-16+. The van der Waals surface area contributed by atoms with Gasteiger partial charge in [-0.3, -0.25) is 4.79 Å². The van der Waals surface area contributed by atoms with E-state index in [0.717, 1.165) is 18.4 Å².